The molecule has 160 valence electrons. The molecule has 1 saturated heterocycles. The number of nitrogens with one attached hydrogen (secondary N) is 4. The number of carbonyl (C=O) groups excluding carboxylic acids is 2. The molecule has 8 nitrogen and oxygen atoms in total. The highest BCUT2D eigenvalue weighted by atomic mass is 35.5. The van der Waals surface area contributed by atoms with Crippen LogP contribution in [0.2, 0.25) is 5.02 Å². The van der Waals surface area contributed by atoms with Gasteiger partial charge in [-0.2, -0.15) is 0 Å². The molecule has 29 heavy (non-hydrogen) atoms. The number of carbonyl (C=O) groups is 2. The maximum absolute atomic E-state index is 12.3. The Morgan fingerprint density at radius 3 is 2.72 bits per heavy atom. The average Bonchev–Trinajstić information content (AvgIpc) is 3.24. The predicted molar refractivity (Wildman–Crippen MR) is 110 cm³/mol. The van der Waals surface area contributed by atoms with Crippen molar-refractivity contribution in [1.82, 2.24) is 26.5 Å². The van der Waals surface area contributed by atoms with E-state index in [2.05, 4.69) is 26.5 Å². The van der Waals surface area contributed by atoms with Crippen molar-refractivity contribution in [1.29, 1.82) is 0 Å². The molecule has 0 radical (unpaired) electrons. The quantitative estimate of drug-likeness (QED) is 0.579. The summed E-state index contributed by atoms with van der Waals surface area (Å²) in [6.45, 7) is 5.78. The highest BCUT2D eigenvalue weighted by molar-refractivity contribution is 6.30. The number of nitrogens with zero attached hydrogens (tertiary/aromatic N) is 1. The normalized spacial score (nSPS) is 26.9. The Bertz CT molecular complexity index is 722. The topological polar surface area (TPSA) is 104 Å². The van der Waals surface area contributed by atoms with Crippen LogP contribution in [0.25, 0.3) is 0 Å². The first-order valence-electron chi connectivity index (χ1n) is 10.1. The van der Waals surface area contributed by atoms with Crippen molar-refractivity contribution in [2.75, 3.05) is 0 Å². The van der Waals surface area contributed by atoms with Gasteiger partial charge >= 0.3 is 6.09 Å². The zero-order valence-corrected chi connectivity index (χ0v) is 17.9. The fourth-order valence-corrected chi connectivity index (χ4v) is 3.95. The molecule has 2 unspecified atom stereocenters. The van der Waals surface area contributed by atoms with Crippen LogP contribution >= 0.6 is 11.6 Å². The lowest BCUT2D eigenvalue weighted by atomic mass is 9.96. The first-order valence-corrected chi connectivity index (χ1v) is 10.5. The van der Waals surface area contributed by atoms with Gasteiger partial charge < -0.3 is 15.4 Å². The second-order valence-corrected chi connectivity index (χ2v) is 9.31. The highest BCUT2D eigenvalue weighted by Crippen LogP contribution is 2.33. The lowest BCUT2D eigenvalue weighted by Gasteiger charge is -2.22. The minimum Gasteiger partial charge on any atom is -0.446 e. The molecular formula is C20H30ClN5O3. The molecule has 2 heterocycles. The lowest BCUT2D eigenvalue weighted by Crippen LogP contribution is -2.45. The molecule has 1 aliphatic heterocycles. The minimum atomic E-state index is -0.360. The summed E-state index contributed by atoms with van der Waals surface area (Å²) < 4.78 is 5.56. The number of halogens is 1. The Labute approximate surface area is 176 Å². The van der Waals surface area contributed by atoms with E-state index in [4.69, 9.17) is 16.3 Å². The van der Waals surface area contributed by atoms with E-state index in [1.165, 1.54) is 6.20 Å². The van der Waals surface area contributed by atoms with Crippen LogP contribution in [-0.4, -0.2) is 40.8 Å². The maximum atomic E-state index is 12.3. The summed E-state index contributed by atoms with van der Waals surface area (Å²) in [5.74, 6) is 0.307. The molecule has 4 atom stereocenters. The maximum Gasteiger partial charge on any atom is 0.407 e. The van der Waals surface area contributed by atoms with Gasteiger partial charge in [-0.15, -0.1) is 0 Å². The van der Waals surface area contributed by atoms with Crippen LogP contribution in [-0.2, 0) is 16.0 Å². The number of alkyl carbamates (subject to hydrolysis) is 1. The van der Waals surface area contributed by atoms with E-state index in [0.29, 0.717) is 16.6 Å². The summed E-state index contributed by atoms with van der Waals surface area (Å²) in [6, 6.07) is 3.70. The molecule has 9 heteroatoms. The second kappa shape index (κ2) is 9.28. The SMILES string of the molecule is CC(C)(C)NC(=O)O[C@@H]1CC[C@H](C2CC(NC(=O)Cc3ccc(Cl)cn3)NN2)C1. The molecule has 1 aliphatic carbocycles. The zero-order valence-electron chi connectivity index (χ0n) is 17.1. The fourth-order valence-electron chi connectivity index (χ4n) is 3.84. The number of aromatic nitrogens is 1. The molecule has 0 aromatic carbocycles. The zero-order chi connectivity index (χ0) is 21.0. The molecule has 2 fully saturated rings. The molecule has 2 amide bonds. The van der Waals surface area contributed by atoms with Gasteiger partial charge in [-0.05, 0) is 64.5 Å². The molecule has 0 bridgehead atoms. The van der Waals surface area contributed by atoms with E-state index in [0.717, 1.165) is 25.7 Å². The Hall–Kier alpha value is -1.90. The van der Waals surface area contributed by atoms with Gasteiger partial charge in [0.05, 0.1) is 17.6 Å². The Morgan fingerprint density at radius 1 is 1.24 bits per heavy atom. The van der Waals surface area contributed by atoms with Gasteiger partial charge in [-0.1, -0.05) is 11.6 Å². The fraction of sp³-hybridized carbons (Fsp3) is 0.650. The van der Waals surface area contributed by atoms with Gasteiger partial charge in [0, 0.05) is 23.5 Å². The van der Waals surface area contributed by atoms with Crippen LogP contribution in [0.3, 0.4) is 0 Å². The van der Waals surface area contributed by atoms with Crippen molar-refractivity contribution in [3.63, 3.8) is 0 Å². The summed E-state index contributed by atoms with van der Waals surface area (Å²) >= 11 is 5.82. The highest BCUT2D eigenvalue weighted by Gasteiger charge is 2.37. The van der Waals surface area contributed by atoms with Crippen LogP contribution in [0.5, 0.6) is 0 Å². The monoisotopic (exact) mass is 423 g/mol. The summed E-state index contributed by atoms with van der Waals surface area (Å²) in [6.07, 6.45) is 4.65. The average molecular weight is 424 g/mol. The van der Waals surface area contributed by atoms with E-state index in [1.54, 1.807) is 12.1 Å². The molecule has 0 spiro atoms. The number of rotatable bonds is 5. The van der Waals surface area contributed by atoms with Gasteiger partial charge in [0.25, 0.3) is 0 Å². The first-order chi connectivity index (χ1) is 13.7. The molecule has 1 aromatic heterocycles. The van der Waals surface area contributed by atoms with E-state index in [1.807, 2.05) is 20.8 Å². The van der Waals surface area contributed by atoms with Crippen LogP contribution < -0.4 is 21.5 Å². The predicted octanol–water partition coefficient (Wildman–Crippen LogP) is 2.28. The van der Waals surface area contributed by atoms with Crippen LogP contribution in [0, 0.1) is 5.92 Å². The summed E-state index contributed by atoms with van der Waals surface area (Å²) in [5.41, 5.74) is 6.81. The third-order valence-electron chi connectivity index (χ3n) is 5.14. The van der Waals surface area contributed by atoms with Gasteiger partial charge in [-0.3, -0.25) is 15.2 Å². The van der Waals surface area contributed by atoms with Gasteiger partial charge in [-0.25, -0.2) is 10.2 Å². The standard InChI is InChI=1S/C20H30ClN5O3/c1-20(2,3)24-19(28)29-15-7-4-12(8-15)16-10-17(26-25-16)23-18(27)9-14-6-5-13(21)11-22-14/h5-6,11-12,15-17,25-26H,4,7-10H2,1-3H3,(H,23,27)(H,24,28)/t12-,15+,16?,17?/m0/s1. The minimum absolute atomic E-state index is 0.0613. The first kappa shape index (κ1) is 21.8. The third-order valence-corrected chi connectivity index (χ3v) is 5.37. The summed E-state index contributed by atoms with van der Waals surface area (Å²) in [5, 5.41) is 6.37. The molecule has 3 rings (SSSR count). The van der Waals surface area contributed by atoms with Crippen molar-refractivity contribution in [3.05, 3.63) is 29.0 Å². The largest absolute Gasteiger partial charge is 0.446 e. The number of pyridine rings is 1. The van der Waals surface area contributed by atoms with Crippen molar-refractivity contribution >= 4 is 23.6 Å². The van der Waals surface area contributed by atoms with Gasteiger partial charge in [0.2, 0.25) is 5.91 Å². The van der Waals surface area contributed by atoms with Crippen LogP contribution in [0.4, 0.5) is 4.79 Å². The molecule has 2 aliphatic rings. The molecule has 4 N–H and O–H groups in total. The number of hydrogen-bond acceptors (Lipinski definition) is 6. The van der Waals surface area contributed by atoms with E-state index < -0.39 is 0 Å². The number of ether oxygens (including phenoxy) is 1. The van der Waals surface area contributed by atoms with Gasteiger partial charge in [0.15, 0.2) is 0 Å². The van der Waals surface area contributed by atoms with Crippen molar-refractivity contribution in [2.24, 2.45) is 5.92 Å². The van der Waals surface area contributed by atoms with E-state index in [9.17, 15) is 9.59 Å². The molecular weight excluding hydrogens is 394 g/mol. The van der Waals surface area contributed by atoms with Crippen molar-refractivity contribution in [3.8, 4) is 0 Å². The Balaban J connectivity index is 1.40. The van der Waals surface area contributed by atoms with Crippen LogP contribution in [0.1, 0.15) is 52.1 Å². The third kappa shape index (κ3) is 6.83. The Morgan fingerprint density at radius 2 is 2.03 bits per heavy atom. The number of hydrogen-bond donors (Lipinski definition) is 4. The summed E-state index contributed by atoms with van der Waals surface area (Å²) in [4.78, 5) is 28.4. The molecule has 1 saturated carbocycles. The lowest BCUT2D eigenvalue weighted by molar-refractivity contribution is -0.121. The van der Waals surface area contributed by atoms with E-state index in [-0.39, 0.29) is 42.3 Å². The molecule has 1 aromatic rings. The number of hydrazine groups is 1. The van der Waals surface area contributed by atoms with Crippen LogP contribution in [0.15, 0.2) is 18.3 Å². The van der Waals surface area contributed by atoms with Crippen molar-refractivity contribution in [2.45, 2.75) is 76.7 Å². The smallest absolute Gasteiger partial charge is 0.407 e. The second-order valence-electron chi connectivity index (χ2n) is 8.87. The Kier molecular flexibility index (Phi) is 6.97. The van der Waals surface area contributed by atoms with Gasteiger partial charge in [0.1, 0.15) is 6.10 Å². The summed E-state index contributed by atoms with van der Waals surface area (Å²) in [7, 11) is 0. The van der Waals surface area contributed by atoms with E-state index >= 15 is 0 Å². The number of amides is 2. The van der Waals surface area contributed by atoms with Crippen molar-refractivity contribution < 1.29 is 14.3 Å².